The summed E-state index contributed by atoms with van der Waals surface area (Å²) in [5.41, 5.74) is 0.976. The second kappa shape index (κ2) is 4.60. The Morgan fingerprint density at radius 2 is 2.33 bits per heavy atom. The van der Waals surface area contributed by atoms with Gasteiger partial charge in [-0.2, -0.15) is 0 Å². The van der Waals surface area contributed by atoms with Crippen molar-refractivity contribution in [2.75, 3.05) is 0 Å². The van der Waals surface area contributed by atoms with Crippen LogP contribution in [0.3, 0.4) is 0 Å². The van der Waals surface area contributed by atoms with Crippen LogP contribution in [0.1, 0.15) is 50.6 Å². The van der Waals surface area contributed by atoms with Gasteiger partial charge in [0, 0.05) is 19.2 Å². The van der Waals surface area contributed by atoms with Gasteiger partial charge in [0.25, 0.3) is 0 Å². The maximum atomic E-state index is 11.9. The maximum Gasteiger partial charge on any atom is 0.141 e. The predicted octanol–water partition coefficient (Wildman–Crippen LogP) is 2.52. The van der Waals surface area contributed by atoms with Crippen molar-refractivity contribution in [3.63, 3.8) is 0 Å². The lowest BCUT2D eigenvalue weighted by Gasteiger charge is -2.08. The molecule has 0 N–H and O–H groups in total. The smallest absolute Gasteiger partial charge is 0.141 e. The SMILES string of the molecule is CCn1cnc(C2CCCCCC2=O)c1. The predicted molar refractivity (Wildman–Crippen MR) is 58.7 cm³/mol. The maximum absolute atomic E-state index is 11.9. The zero-order valence-electron chi connectivity index (χ0n) is 9.28. The molecule has 0 spiro atoms. The topological polar surface area (TPSA) is 34.9 Å². The molecule has 1 saturated carbocycles. The Balaban J connectivity index is 2.16. The number of carbonyl (C=O) groups is 1. The van der Waals surface area contributed by atoms with Crippen LogP contribution in [0, 0.1) is 0 Å². The van der Waals surface area contributed by atoms with Crippen molar-refractivity contribution in [1.82, 2.24) is 9.55 Å². The minimum absolute atomic E-state index is 0.0697. The quantitative estimate of drug-likeness (QED) is 0.697. The zero-order chi connectivity index (χ0) is 10.7. The lowest BCUT2D eigenvalue weighted by atomic mass is 9.96. The van der Waals surface area contributed by atoms with Crippen LogP contribution in [-0.4, -0.2) is 15.3 Å². The Morgan fingerprint density at radius 1 is 1.47 bits per heavy atom. The molecule has 15 heavy (non-hydrogen) atoms. The van der Waals surface area contributed by atoms with Crippen molar-refractivity contribution in [1.29, 1.82) is 0 Å². The first-order chi connectivity index (χ1) is 7.31. The summed E-state index contributed by atoms with van der Waals surface area (Å²) in [6.07, 6.45) is 8.99. The molecule has 1 aliphatic carbocycles. The van der Waals surface area contributed by atoms with Crippen molar-refractivity contribution in [2.24, 2.45) is 0 Å². The van der Waals surface area contributed by atoms with Crippen LogP contribution in [-0.2, 0) is 11.3 Å². The fraction of sp³-hybridized carbons (Fsp3) is 0.667. The number of aromatic nitrogens is 2. The molecule has 0 radical (unpaired) electrons. The van der Waals surface area contributed by atoms with Gasteiger partial charge in [-0.15, -0.1) is 0 Å². The van der Waals surface area contributed by atoms with Crippen molar-refractivity contribution in [3.05, 3.63) is 18.2 Å². The molecule has 2 rings (SSSR count). The number of ketones is 1. The molecule has 1 heterocycles. The normalized spacial score (nSPS) is 22.7. The lowest BCUT2D eigenvalue weighted by Crippen LogP contribution is -2.10. The number of carbonyl (C=O) groups excluding carboxylic acids is 1. The summed E-state index contributed by atoms with van der Waals surface area (Å²) < 4.78 is 2.04. The first kappa shape index (κ1) is 10.4. The molecule has 1 aromatic rings. The molecule has 0 amide bonds. The minimum atomic E-state index is 0.0697. The van der Waals surface area contributed by atoms with E-state index in [9.17, 15) is 4.79 Å². The first-order valence-corrected chi connectivity index (χ1v) is 5.85. The highest BCUT2D eigenvalue weighted by Gasteiger charge is 2.24. The Morgan fingerprint density at radius 3 is 3.07 bits per heavy atom. The van der Waals surface area contributed by atoms with E-state index in [4.69, 9.17) is 0 Å². The Kier molecular flexibility index (Phi) is 3.19. The van der Waals surface area contributed by atoms with Gasteiger partial charge in [0.1, 0.15) is 5.78 Å². The highest BCUT2D eigenvalue weighted by Crippen LogP contribution is 2.27. The first-order valence-electron chi connectivity index (χ1n) is 5.85. The average Bonchev–Trinajstić information content (AvgIpc) is 2.62. The van der Waals surface area contributed by atoms with Crippen molar-refractivity contribution < 1.29 is 4.79 Å². The molecule has 1 unspecified atom stereocenters. The van der Waals surface area contributed by atoms with E-state index in [-0.39, 0.29) is 5.92 Å². The van der Waals surface area contributed by atoms with Gasteiger partial charge in [-0.05, 0) is 19.8 Å². The zero-order valence-corrected chi connectivity index (χ0v) is 9.28. The summed E-state index contributed by atoms with van der Waals surface area (Å²) in [7, 11) is 0. The Bertz CT molecular complexity index is 343. The molecule has 0 bridgehead atoms. The van der Waals surface area contributed by atoms with E-state index in [2.05, 4.69) is 11.9 Å². The van der Waals surface area contributed by atoms with Crippen LogP contribution in [0.2, 0.25) is 0 Å². The van der Waals surface area contributed by atoms with Crippen molar-refractivity contribution in [3.8, 4) is 0 Å². The molecule has 1 aliphatic rings. The van der Waals surface area contributed by atoms with E-state index in [0.29, 0.717) is 5.78 Å². The van der Waals surface area contributed by atoms with E-state index in [1.54, 1.807) is 0 Å². The fourth-order valence-corrected chi connectivity index (χ4v) is 2.20. The second-order valence-electron chi connectivity index (χ2n) is 4.25. The summed E-state index contributed by atoms with van der Waals surface area (Å²) in [5, 5.41) is 0. The number of nitrogens with zero attached hydrogens (tertiary/aromatic N) is 2. The van der Waals surface area contributed by atoms with Gasteiger partial charge in [0.2, 0.25) is 0 Å². The van der Waals surface area contributed by atoms with Gasteiger partial charge in [-0.1, -0.05) is 12.8 Å². The number of Topliss-reactive ketones (excluding diaryl/α,β-unsaturated/α-hetero) is 1. The lowest BCUT2D eigenvalue weighted by molar-refractivity contribution is -0.120. The second-order valence-corrected chi connectivity index (χ2v) is 4.25. The van der Waals surface area contributed by atoms with E-state index in [1.165, 1.54) is 6.42 Å². The molecule has 0 aromatic carbocycles. The van der Waals surface area contributed by atoms with E-state index in [1.807, 2.05) is 17.1 Å². The third-order valence-corrected chi connectivity index (χ3v) is 3.18. The molecular formula is C12H18N2O. The Labute approximate surface area is 90.5 Å². The van der Waals surface area contributed by atoms with Gasteiger partial charge in [-0.3, -0.25) is 4.79 Å². The average molecular weight is 206 g/mol. The van der Waals surface area contributed by atoms with Gasteiger partial charge >= 0.3 is 0 Å². The van der Waals surface area contributed by atoms with Crippen molar-refractivity contribution >= 4 is 5.78 Å². The molecule has 82 valence electrons. The monoisotopic (exact) mass is 206 g/mol. The van der Waals surface area contributed by atoms with Gasteiger partial charge in [0.05, 0.1) is 17.9 Å². The van der Waals surface area contributed by atoms with E-state index in [0.717, 1.165) is 37.9 Å². The third-order valence-electron chi connectivity index (χ3n) is 3.18. The van der Waals surface area contributed by atoms with Gasteiger partial charge in [-0.25, -0.2) is 4.98 Å². The Hall–Kier alpha value is -1.12. The van der Waals surface area contributed by atoms with Crippen LogP contribution in [0.15, 0.2) is 12.5 Å². The van der Waals surface area contributed by atoms with E-state index < -0.39 is 0 Å². The summed E-state index contributed by atoms with van der Waals surface area (Å²) in [6.45, 7) is 3.01. The van der Waals surface area contributed by atoms with Crippen LogP contribution >= 0.6 is 0 Å². The molecular weight excluding hydrogens is 188 g/mol. The summed E-state index contributed by atoms with van der Waals surface area (Å²) >= 11 is 0. The molecule has 0 aliphatic heterocycles. The van der Waals surface area contributed by atoms with Crippen LogP contribution in [0.25, 0.3) is 0 Å². The summed E-state index contributed by atoms with van der Waals surface area (Å²) in [5.74, 6) is 0.453. The number of aryl methyl sites for hydroxylation is 1. The number of rotatable bonds is 2. The summed E-state index contributed by atoms with van der Waals surface area (Å²) in [6, 6.07) is 0. The molecule has 1 aromatic heterocycles. The standard InChI is InChI=1S/C12H18N2O/c1-2-14-8-11(13-9-14)10-6-4-3-5-7-12(10)15/h8-10H,2-7H2,1H3. The van der Waals surface area contributed by atoms with Gasteiger partial charge < -0.3 is 4.57 Å². The van der Waals surface area contributed by atoms with Crippen LogP contribution < -0.4 is 0 Å². The van der Waals surface area contributed by atoms with Gasteiger partial charge in [0.15, 0.2) is 0 Å². The third kappa shape index (κ3) is 2.28. The highest BCUT2D eigenvalue weighted by atomic mass is 16.1. The van der Waals surface area contributed by atoms with Crippen molar-refractivity contribution in [2.45, 2.75) is 51.5 Å². The largest absolute Gasteiger partial charge is 0.337 e. The number of hydrogen-bond donors (Lipinski definition) is 0. The summed E-state index contributed by atoms with van der Waals surface area (Å²) in [4.78, 5) is 16.2. The highest BCUT2D eigenvalue weighted by molar-refractivity contribution is 5.85. The van der Waals surface area contributed by atoms with Crippen LogP contribution in [0.5, 0.6) is 0 Å². The minimum Gasteiger partial charge on any atom is -0.337 e. The molecule has 0 saturated heterocycles. The molecule has 1 fully saturated rings. The molecule has 3 heteroatoms. The molecule has 1 atom stereocenters. The molecule has 3 nitrogen and oxygen atoms in total. The number of hydrogen-bond acceptors (Lipinski definition) is 2. The van der Waals surface area contributed by atoms with E-state index >= 15 is 0 Å². The van der Waals surface area contributed by atoms with Crippen LogP contribution in [0.4, 0.5) is 0 Å². The number of imidazole rings is 1. The fourth-order valence-electron chi connectivity index (χ4n) is 2.20.